The third kappa shape index (κ3) is 9.64. The predicted octanol–water partition coefficient (Wildman–Crippen LogP) is -0.623. The molecule has 0 aromatic carbocycles. The van der Waals surface area contributed by atoms with Crippen molar-refractivity contribution in [2.45, 2.75) is 13.0 Å². The molecule has 2 N–H and O–H groups in total. The van der Waals surface area contributed by atoms with Gasteiger partial charge in [0.05, 0.1) is 6.61 Å². The lowest BCUT2D eigenvalue weighted by molar-refractivity contribution is 0.138. The second-order valence-corrected chi connectivity index (χ2v) is 2.09. The van der Waals surface area contributed by atoms with Crippen LogP contribution in [0.4, 0.5) is 0 Å². The van der Waals surface area contributed by atoms with Gasteiger partial charge in [-0.3, -0.25) is 0 Å². The molecule has 2 heteroatoms. The number of hydrogen-bond donors (Lipinski definition) is 2. The SMILES string of the molecule is CC#CC#CC#CC#CC#C[C@@H](O)CO. The van der Waals surface area contributed by atoms with Gasteiger partial charge in [-0.1, -0.05) is 11.8 Å². The Hall–Kier alpha value is -2.28. The summed E-state index contributed by atoms with van der Waals surface area (Å²) < 4.78 is 0. The Balaban J connectivity index is 4.14. The Bertz CT molecular complexity index is 487. The molecule has 0 unspecified atom stereocenters. The minimum atomic E-state index is -1.05. The van der Waals surface area contributed by atoms with E-state index < -0.39 is 12.7 Å². The first-order valence-electron chi connectivity index (χ1n) is 4.02. The Morgan fingerprint density at radius 1 is 0.867 bits per heavy atom. The zero-order chi connectivity index (χ0) is 11.4. The van der Waals surface area contributed by atoms with Gasteiger partial charge in [0.25, 0.3) is 0 Å². The van der Waals surface area contributed by atoms with Crippen LogP contribution in [0.5, 0.6) is 0 Å². The first-order chi connectivity index (χ1) is 7.31. The highest BCUT2D eigenvalue weighted by Crippen LogP contribution is 1.72. The van der Waals surface area contributed by atoms with E-state index in [0.717, 1.165) is 0 Å². The standard InChI is InChI=1S/C13H8O2/c1-2-3-4-5-6-7-8-9-10-11-13(15)12-14/h13-15H,12H2,1H3/t13-/m1/s1. The van der Waals surface area contributed by atoms with Crippen molar-refractivity contribution in [3.05, 3.63) is 0 Å². The molecular weight excluding hydrogens is 188 g/mol. The van der Waals surface area contributed by atoms with Crippen molar-refractivity contribution in [1.82, 2.24) is 0 Å². The lowest BCUT2D eigenvalue weighted by atomic mass is 10.4. The smallest absolute Gasteiger partial charge is 0.138 e. The first kappa shape index (κ1) is 12.7. The molecule has 0 fully saturated rings. The maximum Gasteiger partial charge on any atom is 0.138 e. The summed E-state index contributed by atoms with van der Waals surface area (Å²) in [5.74, 6) is 24.4. The third-order valence-corrected chi connectivity index (χ3v) is 0.974. The molecule has 0 spiro atoms. The maximum atomic E-state index is 8.79. The molecule has 0 heterocycles. The van der Waals surface area contributed by atoms with Crippen LogP contribution >= 0.6 is 0 Å². The van der Waals surface area contributed by atoms with Gasteiger partial charge >= 0.3 is 0 Å². The molecule has 0 aliphatic heterocycles. The quantitative estimate of drug-likeness (QED) is 0.548. The van der Waals surface area contributed by atoms with Gasteiger partial charge in [0, 0.05) is 0 Å². The fourth-order valence-electron chi connectivity index (χ4n) is 0.415. The largest absolute Gasteiger partial charge is 0.393 e. The topological polar surface area (TPSA) is 40.5 Å². The summed E-state index contributed by atoms with van der Waals surface area (Å²) in [6.07, 6.45) is -1.05. The van der Waals surface area contributed by atoms with Gasteiger partial charge in [-0.2, -0.15) is 0 Å². The van der Waals surface area contributed by atoms with Crippen molar-refractivity contribution >= 4 is 0 Å². The monoisotopic (exact) mass is 196 g/mol. The summed E-state index contributed by atoms with van der Waals surface area (Å²) in [6, 6.07) is 0. The molecule has 0 aliphatic rings. The van der Waals surface area contributed by atoms with E-state index in [1.54, 1.807) is 6.92 Å². The zero-order valence-corrected chi connectivity index (χ0v) is 8.18. The van der Waals surface area contributed by atoms with Crippen LogP contribution in [0.1, 0.15) is 6.92 Å². The minimum absolute atomic E-state index is 0.401. The summed E-state index contributed by atoms with van der Waals surface area (Å²) >= 11 is 0. The van der Waals surface area contributed by atoms with E-state index in [1.807, 2.05) is 0 Å². The van der Waals surface area contributed by atoms with Crippen molar-refractivity contribution in [2.24, 2.45) is 0 Å². The van der Waals surface area contributed by atoms with Crippen molar-refractivity contribution < 1.29 is 10.2 Å². The number of rotatable bonds is 1. The molecule has 0 saturated heterocycles. The third-order valence-electron chi connectivity index (χ3n) is 0.974. The molecule has 0 radical (unpaired) electrons. The summed E-state index contributed by atoms with van der Waals surface area (Å²) in [7, 11) is 0. The molecule has 72 valence electrons. The highest BCUT2D eigenvalue weighted by molar-refractivity contribution is 5.42. The van der Waals surface area contributed by atoms with E-state index in [2.05, 4.69) is 59.2 Å². The van der Waals surface area contributed by atoms with Crippen molar-refractivity contribution in [3.8, 4) is 59.2 Å². The molecule has 0 rings (SSSR count). The van der Waals surface area contributed by atoms with E-state index in [0.29, 0.717) is 0 Å². The second-order valence-electron chi connectivity index (χ2n) is 2.09. The molecule has 0 aromatic rings. The Morgan fingerprint density at radius 3 is 1.80 bits per heavy atom. The van der Waals surface area contributed by atoms with Crippen LogP contribution in [0.2, 0.25) is 0 Å². The molecule has 0 bridgehead atoms. The normalized spacial score (nSPS) is 7.67. The average Bonchev–Trinajstić information content (AvgIpc) is 2.26. The van der Waals surface area contributed by atoms with Gasteiger partial charge in [-0.25, -0.2) is 0 Å². The molecule has 0 amide bonds. The van der Waals surface area contributed by atoms with Crippen LogP contribution in [0.25, 0.3) is 0 Å². The molecule has 0 aromatic heterocycles. The average molecular weight is 196 g/mol. The Kier molecular flexibility index (Phi) is 8.31. The Labute approximate surface area is 89.7 Å². The molecular formula is C13H8O2. The maximum absolute atomic E-state index is 8.79. The summed E-state index contributed by atoms with van der Waals surface area (Å²) in [6.45, 7) is 1.28. The Morgan fingerprint density at radius 2 is 1.33 bits per heavy atom. The number of aliphatic hydroxyl groups excluding tert-OH is 2. The number of hydrogen-bond acceptors (Lipinski definition) is 2. The fourth-order valence-corrected chi connectivity index (χ4v) is 0.415. The minimum Gasteiger partial charge on any atom is -0.393 e. The van der Waals surface area contributed by atoms with Gasteiger partial charge in [0.15, 0.2) is 0 Å². The van der Waals surface area contributed by atoms with Crippen LogP contribution in [0, 0.1) is 59.2 Å². The van der Waals surface area contributed by atoms with Crippen LogP contribution < -0.4 is 0 Å². The van der Waals surface area contributed by atoms with Crippen molar-refractivity contribution in [1.29, 1.82) is 0 Å². The summed E-state index contributed by atoms with van der Waals surface area (Å²) in [5.41, 5.74) is 0. The van der Waals surface area contributed by atoms with Crippen LogP contribution in [0.3, 0.4) is 0 Å². The van der Waals surface area contributed by atoms with E-state index in [-0.39, 0.29) is 0 Å². The molecule has 1 atom stereocenters. The zero-order valence-electron chi connectivity index (χ0n) is 8.18. The van der Waals surface area contributed by atoms with Gasteiger partial charge in [-0.15, -0.1) is 0 Å². The highest BCUT2D eigenvalue weighted by atomic mass is 16.3. The molecule has 0 aliphatic carbocycles. The van der Waals surface area contributed by atoms with Gasteiger partial charge in [0.1, 0.15) is 6.10 Å². The van der Waals surface area contributed by atoms with Crippen molar-refractivity contribution in [3.63, 3.8) is 0 Å². The van der Waals surface area contributed by atoms with E-state index >= 15 is 0 Å². The fraction of sp³-hybridized carbons (Fsp3) is 0.231. The molecule has 15 heavy (non-hydrogen) atoms. The van der Waals surface area contributed by atoms with E-state index in [4.69, 9.17) is 10.2 Å². The number of aliphatic hydroxyl groups is 2. The second kappa shape index (κ2) is 9.81. The van der Waals surface area contributed by atoms with Gasteiger partial charge < -0.3 is 10.2 Å². The highest BCUT2D eigenvalue weighted by Gasteiger charge is 1.90. The van der Waals surface area contributed by atoms with Crippen LogP contribution in [-0.4, -0.2) is 22.9 Å². The lowest BCUT2D eigenvalue weighted by Crippen LogP contribution is -2.07. The van der Waals surface area contributed by atoms with Crippen LogP contribution in [-0.2, 0) is 0 Å². The molecule has 2 nitrogen and oxygen atoms in total. The van der Waals surface area contributed by atoms with Gasteiger partial charge in [0.2, 0.25) is 0 Å². The van der Waals surface area contributed by atoms with Gasteiger partial charge in [-0.05, 0) is 54.3 Å². The molecule has 0 saturated carbocycles. The summed E-state index contributed by atoms with van der Waals surface area (Å²) in [5, 5.41) is 17.2. The predicted molar refractivity (Wildman–Crippen MR) is 57.6 cm³/mol. The lowest BCUT2D eigenvalue weighted by Gasteiger charge is -1.90. The van der Waals surface area contributed by atoms with E-state index in [1.165, 1.54) is 0 Å². The summed E-state index contributed by atoms with van der Waals surface area (Å²) in [4.78, 5) is 0. The van der Waals surface area contributed by atoms with Crippen LogP contribution in [0.15, 0.2) is 0 Å². The van der Waals surface area contributed by atoms with Crippen molar-refractivity contribution in [2.75, 3.05) is 6.61 Å². The first-order valence-corrected chi connectivity index (χ1v) is 4.02. The van der Waals surface area contributed by atoms with E-state index in [9.17, 15) is 0 Å².